The Morgan fingerprint density at radius 1 is 1.38 bits per heavy atom. The number of fused-ring (bicyclic) bond motifs is 1. The Hall–Kier alpha value is -1.17. The zero-order valence-electron chi connectivity index (χ0n) is 12.1. The summed E-state index contributed by atoms with van der Waals surface area (Å²) in [6.45, 7) is 4.52. The summed E-state index contributed by atoms with van der Waals surface area (Å²) in [4.78, 5) is 12.4. The Morgan fingerprint density at radius 3 is 2.62 bits per heavy atom. The second-order valence-corrected chi connectivity index (χ2v) is 5.24. The summed E-state index contributed by atoms with van der Waals surface area (Å²) in [6, 6.07) is 3.22. The predicted octanol–water partition coefficient (Wildman–Crippen LogP) is 2.74. The molecule has 1 amide bonds. The Bertz CT molecular complexity index is 511. The summed E-state index contributed by atoms with van der Waals surface area (Å²) in [5.74, 6) is 0.771. The minimum absolute atomic E-state index is 0. The van der Waals surface area contributed by atoms with Gasteiger partial charge in [0.15, 0.2) is 11.5 Å². The van der Waals surface area contributed by atoms with Crippen molar-refractivity contribution in [2.75, 3.05) is 13.3 Å². The van der Waals surface area contributed by atoms with E-state index in [0.717, 1.165) is 12.8 Å². The largest absolute Gasteiger partial charge is 0.454 e. The fourth-order valence-electron chi connectivity index (χ4n) is 2.18. The molecular formula is C14H20Cl2N2O3. The van der Waals surface area contributed by atoms with Crippen LogP contribution in [0.1, 0.15) is 37.0 Å². The smallest absolute Gasteiger partial charge is 0.251 e. The average molecular weight is 335 g/mol. The standard InChI is InChI=1S/C14H19ClN2O3.ClH/c1-3-14(4-2,7-16)17-13(18)9-5-10(15)12-11(6-9)19-8-20-12;/h5-6H,3-4,7-8,16H2,1-2H3,(H,17,18);1H. The van der Waals surface area contributed by atoms with E-state index in [1.54, 1.807) is 12.1 Å². The van der Waals surface area contributed by atoms with Gasteiger partial charge in [-0.15, -0.1) is 12.4 Å². The molecule has 2 rings (SSSR count). The van der Waals surface area contributed by atoms with Crippen LogP contribution in [0.2, 0.25) is 5.02 Å². The van der Waals surface area contributed by atoms with Crippen LogP contribution in [-0.4, -0.2) is 24.8 Å². The fourth-order valence-corrected chi connectivity index (χ4v) is 2.44. The SMILES string of the molecule is CCC(CC)(CN)NC(=O)c1cc(Cl)c2c(c1)OCO2.Cl. The highest BCUT2D eigenvalue weighted by Crippen LogP contribution is 2.39. The van der Waals surface area contributed by atoms with Crippen molar-refractivity contribution >= 4 is 29.9 Å². The second kappa shape index (κ2) is 7.20. The minimum Gasteiger partial charge on any atom is -0.454 e. The first-order valence-electron chi connectivity index (χ1n) is 6.67. The second-order valence-electron chi connectivity index (χ2n) is 4.84. The molecule has 21 heavy (non-hydrogen) atoms. The van der Waals surface area contributed by atoms with Gasteiger partial charge < -0.3 is 20.5 Å². The van der Waals surface area contributed by atoms with E-state index in [-0.39, 0.29) is 30.6 Å². The zero-order valence-corrected chi connectivity index (χ0v) is 13.6. The summed E-state index contributed by atoms with van der Waals surface area (Å²) in [6.07, 6.45) is 1.54. The molecule has 0 saturated carbocycles. The monoisotopic (exact) mass is 334 g/mol. The van der Waals surface area contributed by atoms with Gasteiger partial charge in [-0.2, -0.15) is 0 Å². The molecular weight excluding hydrogens is 315 g/mol. The number of amides is 1. The van der Waals surface area contributed by atoms with Gasteiger partial charge in [0.2, 0.25) is 6.79 Å². The van der Waals surface area contributed by atoms with E-state index < -0.39 is 0 Å². The molecule has 1 aromatic carbocycles. The molecule has 118 valence electrons. The molecule has 3 N–H and O–H groups in total. The topological polar surface area (TPSA) is 73.6 Å². The highest BCUT2D eigenvalue weighted by Gasteiger charge is 2.28. The van der Waals surface area contributed by atoms with Gasteiger partial charge in [-0.25, -0.2) is 0 Å². The molecule has 1 aliphatic heterocycles. The van der Waals surface area contributed by atoms with Gasteiger partial charge in [-0.1, -0.05) is 25.4 Å². The maximum Gasteiger partial charge on any atom is 0.251 e. The van der Waals surface area contributed by atoms with E-state index in [1.807, 2.05) is 13.8 Å². The van der Waals surface area contributed by atoms with E-state index in [2.05, 4.69) is 5.32 Å². The zero-order chi connectivity index (χ0) is 14.8. The Morgan fingerprint density at radius 2 is 2.05 bits per heavy atom. The van der Waals surface area contributed by atoms with Crippen molar-refractivity contribution in [1.82, 2.24) is 5.32 Å². The maximum absolute atomic E-state index is 12.4. The molecule has 0 bridgehead atoms. The predicted molar refractivity (Wildman–Crippen MR) is 84.7 cm³/mol. The average Bonchev–Trinajstić information content (AvgIpc) is 2.93. The van der Waals surface area contributed by atoms with Crippen molar-refractivity contribution in [3.05, 3.63) is 22.7 Å². The number of carbonyl (C=O) groups is 1. The third-order valence-corrected chi connectivity index (χ3v) is 4.09. The molecule has 0 saturated heterocycles. The van der Waals surface area contributed by atoms with Crippen molar-refractivity contribution in [1.29, 1.82) is 0 Å². The van der Waals surface area contributed by atoms with Crippen LogP contribution in [0.4, 0.5) is 0 Å². The molecule has 0 aliphatic carbocycles. The Balaban J connectivity index is 0.00000220. The molecule has 0 spiro atoms. The molecule has 0 unspecified atom stereocenters. The van der Waals surface area contributed by atoms with E-state index in [0.29, 0.717) is 28.6 Å². The van der Waals surface area contributed by atoms with Gasteiger partial charge in [-0.3, -0.25) is 4.79 Å². The number of hydrogen-bond acceptors (Lipinski definition) is 4. The molecule has 1 aliphatic rings. The molecule has 0 aromatic heterocycles. The van der Waals surface area contributed by atoms with Crippen LogP contribution in [0.15, 0.2) is 12.1 Å². The van der Waals surface area contributed by atoms with Crippen molar-refractivity contribution in [2.24, 2.45) is 5.73 Å². The van der Waals surface area contributed by atoms with Gasteiger partial charge in [0.25, 0.3) is 5.91 Å². The van der Waals surface area contributed by atoms with Crippen LogP contribution in [0.25, 0.3) is 0 Å². The molecule has 0 fully saturated rings. The van der Waals surface area contributed by atoms with Gasteiger partial charge in [-0.05, 0) is 25.0 Å². The first-order valence-corrected chi connectivity index (χ1v) is 7.04. The molecule has 0 atom stereocenters. The summed E-state index contributed by atoms with van der Waals surface area (Å²) < 4.78 is 10.5. The lowest BCUT2D eigenvalue weighted by molar-refractivity contribution is 0.0895. The number of halogens is 2. The third-order valence-electron chi connectivity index (χ3n) is 3.81. The van der Waals surface area contributed by atoms with Crippen molar-refractivity contribution < 1.29 is 14.3 Å². The number of hydrogen-bond donors (Lipinski definition) is 2. The van der Waals surface area contributed by atoms with E-state index >= 15 is 0 Å². The van der Waals surface area contributed by atoms with Crippen LogP contribution < -0.4 is 20.5 Å². The minimum atomic E-state index is -0.389. The van der Waals surface area contributed by atoms with Crippen LogP contribution in [0.5, 0.6) is 11.5 Å². The number of nitrogens with two attached hydrogens (primary N) is 1. The fraction of sp³-hybridized carbons (Fsp3) is 0.500. The van der Waals surface area contributed by atoms with Gasteiger partial charge in [0.1, 0.15) is 0 Å². The van der Waals surface area contributed by atoms with Crippen LogP contribution in [0, 0.1) is 0 Å². The van der Waals surface area contributed by atoms with Crippen molar-refractivity contribution in [2.45, 2.75) is 32.2 Å². The summed E-state index contributed by atoms with van der Waals surface area (Å²) in [5.41, 5.74) is 5.84. The van der Waals surface area contributed by atoms with Crippen molar-refractivity contribution in [3.63, 3.8) is 0 Å². The number of benzene rings is 1. The normalized spacial score (nSPS) is 12.8. The molecule has 0 radical (unpaired) electrons. The first kappa shape index (κ1) is 17.9. The van der Waals surface area contributed by atoms with E-state index in [4.69, 9.17) is 26.8 Å². The lowest BCUT2D eigenvalue weighted by Crippen LogP contribution is -2.52. The first-order chi connectivity index (χ1) is 9.55. The number of nitrogens with one attached hydrogen (secondary N) is 1. The summed E-state index contributed by atoms with van der Waals surface area (Å²) in [7, 11) is 0. The lowest BCUT2D eigenvalue weighted by Gasteiger charge is -2.31. The maximum atomic E-state index is 12.4. The summed E-state index contributed by atoms with van der Waals surface area (Å²) in [5, 5.41) is 3.37. The molecule has 5 nitrogen and oxygen atoms in total. The quantitative estimate of drug-likeness (QED) is 0.868. The van der Waals surface area contributed by atoms with Gasteiger partial charge in [0, 0.05) is 12.1 Å². The van der Waals surface area contributed by atoms with E-state index in [1.165, 1.54) is 0 Å². The molecule has 1 aromatic rings. The Labute approximate surface area is 135 Å². The van der Waals surface area contributed by atoms with E-state index in [9.17, 15) is 4.79 Å². The molecule has 7 heteroatoms. The van der Waals surface area contributed by atoms with Crippen LogP contribution in [0.3, 0.4) is 0 Å². The highest BCUT2D eigenvalue weighted by atomic mass is 35.5. The highest BCUT2D eigenvalue weighted by molar-refractivity contribution is 6.32. The van der Waals surface area contributed by atoms with Gasteiger partial charge >= 0.3 is 0 Å². The third kappa shape index (κ3) is 3.54. The number of rotatable bonds is 5. The van der Waals surface area contributed by atoms with Crippen LogP contribution >= 0.6 is 24.0 Å². The van der Waals surface area contributed by atoms with Crippen LogP contribution in [-0.2, 0) is 0 Å². The lowest BCUT2D eigenvalue weighted by atomic mass is 9.92. The summed E-state index contributed by atoms with van der Waals surface area (Å²) >= 11 is 6.08. The Kier molecular flexibility index (Phi) is 6.13. The van der Waals surface area contributed by atoms with Crippen molar-refractivity contribution in [3.8, 4) is 11.5 Å². The molecule has 1 heterocycles. The van der Waals surface area contributed by atoms with Gasteiger partial charge in [0.05, 0.1) is 10.6 Å². The number of ether oxygens (including phenoxy) is 2. The number of carbonyl (C=O) groups excluding carboxylic acids is 1.